The minimum absolute atomic E-state index is 0.0950. The van der Waals surface area contributed by atoms with E-state index in [1.165, 1.54) is 5.57 Å². The van der Waals surface area contributed by atoms with E-state index in [0.717, 1.165) is 24.8 Å². The molecule has 0 bridgehead atoms. The Morgan fingerprint density at radius 3 is 2.73 bits per heavy atom. The van der Waals surface area contributed by atoms with Gasteiger partial charge in [-0.15, -0.1) is 0 Å². The number of amides is 4. The summed E-state index contributed by atoms with van der Waals surface area (Å²) in [4.78, 5) is 36.0. The number of carbonyl (C=O) groups is 3. The van der Waals surface area contributed by atoms with Crippen LogP contribution in [0.1, 0.15) is 43.7 Å². The first kappa shape index (κ1) is 17.1. The van der Waals surface area contributed by atoms with Crippen LogP contribution in [0.4, 0.5) is 4.79 Å². The van der Waals surface area contributed by atoms with Gasteiger partial charge in [0.25, 0.3) is 5.91 Å². The maximum Gasteiger partial charge on any atom is 0.322 e. The van der Waals surface area contributed by atoms with Crippen LogP contribution in [0.15, 0.2) is 35.9 Å². The van der Waals surface area contributed by atoms with E-state index in [1.54, 1.807) is 0 Å². The zero-order valence-electron chi connectivity index (χ0n) is 14.2. The van der Waals surface area contributed by atoms with E-state index in [9.17, 15) is 14.4 Å². The molecule has 0 aromatic heterocycles. The molecule has 1 heterocycles. The fraction of sp³-hybridized carbons (Fsp3) is 0.421. The van der Waals surface area contributed by atoms with Crippen molar-refractivity contribution >= 4 is 29.4 Å². The number of hydrogen-bond donors (Lipinski definition) is 3. The van der Waals surface area contributed by atoms with Gasteiger partial charge in [0.2, 0.25) is 5.91 Å². The monoisotopic (exact) mass is 373 g/mol. The summed E-state index contributed by atoms with van der Waals surface area (Å²) >= 11 is 6.13. The molecule has 136 valence electrons. The molecule has 1 saturated heterocycles. The average molecular weight is 374 g/mol. The van der Waals surface area contributed by atoms with E-state index in [-0.39, 0.29) is 23.8 Å². The predicted molar refractivity (Wildman–Crippen MR) is 96.4 cm³/mol. The lowest BCUT2D eigenvalue weighted by Gasteiger charge is -2.41. The highest BCUT2D eigenvalue weighted by molar-refractivity contribution is 6.30. The van der Waals surface area contributed by atoms with Gasteiger partial charge >= 0.3 is 6.03 Å². The van der Waals surface area contributed by atoms with Crippen molar-refractivity contribution in [1.82, 2.24) is 16.0 Å². The first-order valence-corrected chi connectivity index (χ1v) is 9.23. The molecular weight excluding hydrogens is 354 g/mol. The lowest BCUT2D eigenvalue weighted by atomic mass is 9.67. The summed E-state index contributed by atoms with van der Waals surface area (Å²) < 4.78 is 0. The lowest BCUT2D eigenvalue weighted by molar-refractivity contribution is -0.136. The molecule has 0 radical (unpaired) electrons. The molecule has 3 N–H and O–H groups in total. The summed E-state index contributed by atoms with van der Waals surface area (Å²) in [6.07, 6.45) is 5.89. The van der Waals surface area contributed by atoms with Crippen LogP contribution < -0.4 is 16.0 Å². The zero-order valence-corrected chi connectivity index (χ0v) is 14.9. The predicted octanol–water partition coefficient (Wildman–Crippen LogP) is 2.60. The van der Waals surface area contributed by atoms with Crippen molar-refractivity contribution in [2.75, 3.05) is 0 Å². The molecule has 1 aromatic carbocycles. The first-order chi connectivity index (χ1) is 12.5. The molecular formula is C19H20ClN3O3. The van der Waals surface area contributed by atoms with E-state index in [0.29, 0.717) is 17.9 Å². The third-order valence-corrected chi connectivity index (χ3v) is 5.73. The average Bonchev–Trinajstić information content (AvgIpc) is 3.18. The number of carbonyl (C=O) groups excluding carboxylic acids is 3. The fourth-order valence-corrected chi connectivity index (χ4v) is 4.28. The number of allylic oxidation sites excluding steroid dienone is 1. The second kappa shape index (κ2) is 6.43. The van der Waals surface area contributed by atoms with Crippen LogP contribution in [0.25, 0.3) is 0 Å². The number of rotatable bonds is 4. The van der Waals surface area contributed by atoms with Gasteiger partial charge in [0, 0.05) is 10.9 Å². The molecule has 1 aromatic rings. The Morgan fingerprint density at radius 2 is 2.12 bits per heavy atom. The highest BCUT2D eigenvalue weighted by Crippen LogP contribution is 2.41. The second-order valence-electron chi connectivity index (χ2n) is 7.26. The molecule has 4 amide bonds. The van der Waals surface area contributed by atoms with Crippen LogP contribution in [0.5, 0.6) is 0 Å². The maximum absolute atomic E-state index is 12.8. The smallest absolute Gasteiger partial charge is 0.322 e. The Balaban J connectivity index is 1.47. The number of halogens is 1. The summed E-state index contributed by atoms with van der Waals surface area (Å²) in [7, 11) is 0. The van der Waals surface area contributed by atoms with E-state index in [1.807, 2.05) is 24.3 Å². The molecule has 1 unspecified atom stereocenters. The molecule has 6 nitrogen and oxygen atoms in total. The quantitative estimate of drug-likeness (QED) is 0.560. The van der Waals surface area contributed by atoms with Crippen molar-refractivity contribution in [3.8, 4) is 0 Å². The third-order valence-electron chi connectivity index (χ3n) is 5.49. The number of hydrogen-bond acceptors (Lipinski definition) is 3. The van der Waals surface area contributed by atoms with Crippen molar-refractivity contribution in [2.24, 2.45) is 5.92 Å². The Bertz CT molecular complexity index is 814. The Morgan fingerprint density at radius 1 is 1.31 bits per heavy atom. The van der Waals surface area contributed by atoms with Gasteiger partial charge in [-0.3, -0.25) is 14.9 Å². The van der Waals surface area contributed by atoms with Crippen LogP contribution in [0.2, 0.25) is 5.02 Å². The summed E-state index contributed by atoms with van der Waals surface area (Å²) in [5.74, 6) is -0.721. The molecule has 4 rings (SSSR count). The van der Waals surface area contributed by atoms with Crippen molar-refractivity contribution in [1.29, 1.82) is 0 Å². The van der Waals surface area contributed by atoms with E-state index >= 15 is 0 Å². The molecule has 7 heteroatoms. The lowest BCUT2D eigenvalue weighted by Crippen LogP contribution is -2.60. The molecule has 1 spiro atoms. The number of imide groups is 1. The number of nitrogens with one attached hydrogen (secondary N) is 3. The van der Waals surface area contributed by atoms with Crippen LogP contribution in [-0.4, -0.2) is 23.4 Å². The van der Waals surface area contributed by atoms with E-state index < -0.39 is 11.6 Å². The van der Waals surface area contributed by atoms with Crippen LogP contribution in [-0.2, 0) is 9.59 Å². The van der Waals surface area contributed by atoms with Crippen molar-refractivity contribution in [3.63, 3.8) is 0 Å². The Hall–Kier alpha value is -2.34. The number of urea groups is 1. The third kappa shape index (κ3) is 2.98. The topological polar surface area (TPSA) is 87.3 Å². The van der Waals surface area contributed by atoms with Gasteiger partial charge in [-0.25, -0.2) is 4.79 Å². The van der Waals surface area contributed by atoms with Gasteiger partial charge in [-0.1, -0.05) is 29.8 Å². The maximum atomic E-state index is 12.8. The molecule has 1 aliphatic heterocycles. The van der Waals surface area contributed by atoms with Crippen molar-refractivity contribution in [3.05, 3.63) is 46.5 Å². The Kier molecular flexibility index (Phi) is 4.23. The van der Waals surface area contributed by atoms with Crippen LogP contribution in [0, 0.1) is 5.92 Å². The summed E-state index contributed by atoms with van der Waals surface area (Å²) in [6, 6.07) is 6.84. The number of benzene rings is 1. The summed E-state index contributed by atoms with van der Waals surface area (Å²) in [5, 5.41) is 8.64. The van der Waals surface area contributed by atoms with Crippen molar-refractivity contribution < 1.29 is 14.4 Å². The minimum atomic E-state index is -0.905. The SMILES string of the molecule is O=C1NC(=O)C2(CC(C(=O)NC(C3=CCCC3)c3cccc(Cl)c3)C2)N1. The summed E-state index contributed by atoms with van der Waals surface area (Å²) in [5.41, 5.74) is 1.25. The van der Waals surface area contributed by atoms with Crippen molar-refractivity contribution in [2.45, 2.75) is 43.7 Å². The summed E-state index contributed by atoms with van der Waals surface area (Å²) in [6.45, 7) is 0. The van der Waals surface area contributed by atoms with Gasteiger partial charge in [-0.05, 0) is 55.4 Å². The largest absolute Gasteiger partial charge is 0.345 e. The second-order valence-corrected chi connectivity index (χ2v) is 7.70. The standard InChI is InChI=1S/C19H20ClN3O3/c20-14-7-3-6-12(8-14)15(11-4-1-2-5-11)21-16(24)13-9-19(10-13)17(25)22-18(26)23-19/h3-4,6-8,13,15H,1-2,5,9-10H2,(H,21,24)(H2,22,23,25,26). The van der Waals surface area contributed by atoms with Crippen LogP contribution >= 0.6 is 11.6 Å². The molecule has 2 fully saturated rings. The molecule has 26 heavy (non-hydrogen) atoms. The minimum Gasteiger partial charge on any atom is -0.345 e. The van der Waals surface area contributed by atoms with E-state index in [2.05, 4.69) is 22.0 Å². The fourth-order valence-electron chi connectivity index (χ4n) is 4.08. The van der Waals surface area contributed by atoms with Gasteiger partial charge < -0.3 is 10.6 Å². The van der Waals surface area contributed by atoms with Gasteiger partial charge in [-0.2, -0.15) is 0 Å². The highest BCUT2D eigenvalue weighted by Gasteiger charge is 2.57. The normalized spacial score (nSPS) is 28.2. The molecule has 1 atom stereocenters. The van der Waals surface area contributed by atoms with Gasteiger partial charge in [0.1, 0.15) is 5.54 Å². The highest BCUT2D eigenvalue weighted by atomic mass is 35.5. The van der Waals surface area contributed by atoms with E-state index in [4.69, 9.17) is 11.6 Å². The van der Waals surface area contributed by atoms with Gasteiger partial charge in [0.15, 0.2) is 0 Å². The van der Waals surface area contributed by atoms with Crippen LogP contribution in [0.3, 0.4) is 0 Å². The Labute approximate surface area is 156 Å². The zero-order chi connectivity index (χ0) is 18.3. The van der Waals surface area contributed by atoms with Gasteiger partial charge in [0.05, 0.1) is 6.04 Å². The molecule has 3 aliphatic rings. The molecule has 1 saturated carbocycles. The molecule has 2 aliphatic carbocycles. The first-order valence-electron chi connectivity index (χ1n) is 8.85.